The van der Waals surface area contributed by atoms with Gasteiger partial charge in [0, 0.05) is 62.7 Å². The first-order valence-electron chi connectivity index (χ1n) is 9.32. The molecule has 0 unspecified atom stereocenters. The lowest BCUT2D eigenvalue weighted by molar-refractivity contribution is 0.0596. The zero-order valence-electron chi connectivity index (χ0n) is 16.2. The van der Waals surface area contributed by atoms with E-state index in [1.54, 1.807) is 6.07 Å². The van der Waals surface area contributed by atoms with Gasteiger partial charge in [0.15, 0.2) is 0 Å². The largest absolute Gasteiger partial charge is 0.464 e. The van der Waals surface area contributed by atoms with E-state index in [0.717, 1.165) is 49.6 Å². The lowest BCUT2D eigenvalue weighted by Gasteiger charge is -2.07. The molecule has 0 bridgehead atoms. The van der Waals surface area contributed by atoms with Crippen molar-refractivity contribution in [3.05, 3.63) is 70.2 Å². The van der Waals surface area contributed by atoms with Gasteiger partial charge in [0.2, 0.25) is 0 Å². The summed E-state index contributed by atoms with van der Waals surface area (Å²) in [4.78, 5) is 22.2. The zero-order chi connectivity index (χ0) is 21.0. The first-order chi connectivity index (χ1) is 14.5. The van der Waals surface area contributed by atoms with Crippen molar-refractivity contribution in [2.24, 2.45) is 0 Å². The van der Waals surface area contributed by atoms with Crippen LogP contribution >= 0.6 is 23.2 Å². The number of carbonyl (C=O) groups excluding carboxylic acids is 1. The minimum Gasteiger partial charge on any atom is -0.464 e. The molecule has 0 radical (unpaired) electrons. The van der Waals surface area contributed by atoms with Crippen LogP contribution in [0.3, 0.4) is 0 Å². The van der Waals surface area contributed by atoms with E-state index in [9.17, 15) is 4.79 Å². The van der Waals surface area contributed by atoms with Crippen LogP contribution in [-0.4, -0.2) is 28.0 Å². The van der Waals surface area contributed by atoms with Gasteiger partial charge >= 0.3 is 5.97 Å². The van der Waals surface area contributed by atoms with Crippen LogP contribution in [0.4, 0.5) is 0 Å². The Morgan fingerprint density at radius 3 is 2.30 bits per heavy atom. The lowest BCUT2D eigenvalue weighted by atomic mass is 9.95. The third-order valence-corrected chi connectivity index (χ3v) is 6.11. The quantitative estimate of drug-likeness (QED) is 0.274. The van der Waals surface area contributed by atoms with E-state index in [2.05, 4.69) is 21.0 Å². The maximum atomic E-state index is 12.6. The highest BCUT2D eigenvalue weighted by Gasteiger charge is 2.24. The van der Waals surface area contributed by atoms with E-state index in [0.29, 0.717) is 15.7 Å². The highest BCUT2D eigenvalue weighted by molar-refractivity contribution is 6.43. The molecule has 0 aliphatic heterocycles. The second-order valence-electron chi connectivity index (χ2n) is 7.21. The molecular weight excluding hydrogens is 421 g/mol. The summed E-state index contributed by atoms with van der Waals surface area (Å²) >= 11 is 12.5. The minimum absolute atomic E-state index is 0.393. The van der Waals surface area contributed by atoms with Gasteiger partial charge in [-0.15, -0.1) is 0 Å². The number of hydrogen-bond donors (Lipinski definition) is 3. The number of esters is 1. The lowest BCUT2D eigenvalue weighted by Crippen LogP contribution is -2.03. The van der Waals surface area contributed by atoms with Crippen molar-refractivity contribution < 1.29 is 9.53 Å². The van der Waals surface area contributed by atoms with Crippen LogP contribution in [0.1, 0.15) is 16.1 Å². The highest BCUT2D eigenvalue weighted by Crippen LogP contribution is 2.42. The number of rotatable bonds is 3. The van der Waals surface area contributed by atoms with Crippen molar-refractivity contribution >= 4 is 51.0 Å². The van der Waals surface area contributed by atoms with Gasteiger partial charge in [-0.2, -0.15) is 0 Å². The molecule has 0 fully saturated rings. The van der Waals surface area contributed by atoms with Crippen LogP contribution in [0.2, 0.25) is 10.0 Å². The van der Waals surface area contributed by atoms with E-state index in [-0.39, 0.29) is 0 Å². The fraction of sp³-hybridized carbons (Fsp3) is 0.0870. The number of hydrogen-bond acceptors (Lipinski definition) is 2. The van der Waals surface area contributed by atoms with Crippen LogP contribution in [-0.2, 0) is 4.74 Å². The van der Waals surface area contributed by atoms with Crippen molar-refractivity contribution in [2.45, 2.75) is 6.92 Å². The standard InChI is InChI=1S/C23H17Cl2N3O2/c1-11-3-4-19-12(5-11)15(9-26-19)21-16(10-28-22(21)23(29)30-2)14-8-27-20-7-18(25)17(24)6-13(14)20/h3-10,26-28H,1-2H3. The fourth-order valence-corrected chi connectivity index (χ4v) is 4.29. The molecule has 0 saturated carbocycles. The molecule has 0 atom stereocenters. The number of aryl methyl sites for hydroxylation is 1. The number of fused-ring (bicyclic) bond motifs is 2. The van der Waals surface area contributed by atoms with Gasteiger partial charge in [-0.3, -0.25) is 0 Å². The summed E-state index contributed by atoms with van der Waals surface area (Å²) in [6.07, 6.45) is 5.63. The average Bonchev–Trinajstić information content (AvgIpc) is 3.43. The van der Waals surface area contributed by atoms with Gasteiger partial charge in [0.05, 0.1) is 17.2 Å². The molecular formula is C23H17Cl2N3O2. The molecule has 5 nitrogen and oxygen atoms in total. The Labute approximate surface area is 182 Å². The van der Waals surface area contributed by atoms with Gasteiger partial charge in [-0.05, 0) is 31.2 Å². The van der Waals surface area contributed by atoms with Crippen molar-refractivity contribution in [1.29, 1.82) is 0 Å². The number of aromatic amines is 3. The highest BCUT2D eigenvalue weighted by atomic mass is 35.5. The molecule has 0 spiro atoms. The number of methoxy groups -OCH3 is 1. The van der Waals surface area contributed by atoms with Crippen LogP contribution in [0.15, 0.2) is 48.9 Å². The maximum Gasteiger partial charge on any atom is 0.355 e. The first-order valence-corrected chi connectivity index (χ1v) is 10.1. The van der Waals surface area contributed by atoms with Crippen molar-refractivity contribution in [3.63, 3.8) is 0 Å². The molecule has 2 aromatic carbocycles. The third-order valence-electron chi connectivity index (χ3n) is 5.39. The van der Waals surface area contributed by atoms with Crippen molar-refractivity contribution in [3.8, 4) is 22.3 Å². The summed E-state index contributed by atoms with van der Waals surface area (Å²) in [6, 6.07) is 9.81. The van der Waals surface area contributed by atoms with Crippen molar-refractivity contribution in [2.75, 3.05) is 7.11 Å². The summed E-state index contributed by atoms with van der Waals surface area (Å²) in [7, 11) is 1.37. The Morgan fingerprint density at radius 2 is 1.50 bits per heavy atom. The Kier molecular flexibility index (Phi) is 4.38. The maximum absolute atomic E-state index is 12.6. The van der Waals surface area contributed by atoms with E-state index >= 15 is 0 Å². The Bertz CT molecular complexity index is 1440. The Balaban J connectivity index is 1.83. The average molecular weight is 438 g/mol. The van der Waals surface area contributed by atoms with Crippen LogP contribution < -0.4 is 0 Å². The third kappa shape index (κ3) is 2.82. The molecule has 0 amide bonds. The molecule has 0 aliphatic rings. The van der Waals surface area contributed by atoms with Crippen molar-refractivity contribution in [1.82, 2.24) is 15.0 Å². The number of aromatic nitrogens is 3. The zero-order valence-corrected chi connectivity index (χ0v) is 17.7. The van der Waals surface area contributed by atoms with Crippen LogP contribution in [0.5, 0.6) is 0 Å². The van der Waals surface area contributed by atoms with E-state index < -0.39 is 5.97 Å². The Hall–Kier alpha value is -3.15. The number of H-pyrrole nitrogens is 3. The van der Waals surface area contributed by atoms with Gasteiger partial charge in [0.1, 0.15) is 5.69 Å². The fourth-order valence-electron chi connectivity index (χ4n) is 3.96. The molecule has 7 heteroatoms. The minimum atomic E-state index is -0.431. The van der Waals surface area contributed by atoms with Gasteiger partial charge < -0.3 is 19.7 Å². The summed E-state index contributed by atoms with van der Waals surface area (Å²) in [5.41, 5.74) is 6.84. The molecule has 3 N–H and O–H groups in total. The van der Waals surface area contributed by atoms with E-state index in [1.807, 2.05) is 43.7 Å². The second kappa shape index (κ2) is 6.97. The van der Waals surface area contributed by atoms with Gasteiger partial charge in [0.25, 0.3) is 0 Å². The molecule has 150 valence electrons. The number of carbonyl (C=O) groups is 1. The monoisotopic (exact) mass is 437 g/mol. The van der Waals surface area contributed by atoms with E-state index in [1.165, 1.54) is 7.11 Å². The topological polar surface area (TPSA) is 73.7 Å². The molecule has 3 aromatic heterocycles. The number of ether oxygens (including phenoxy) is 1. The second-order valence-corrected chi connectivity index (χ2v) is 8.02. The van der Waals surface area contributed by atoms with Crippen LogP contribution in [0.25, 0.3) is 44.1 Å². The number of halogens is 2. The van der Waals surface area contributed by atoms with E-state index in [4.69, 9.17) is 27.9 Å². The first kappa shape index (κ1) is 18.9. The molecule has 3 heterocycles. The summed E-state index contributed by atoms with van der Waals surface area (Å²) in [6.45, 7) is 2.04. The summed E-state index contributed by atoms with van der Waals surface area (Å²) in [5, 5.41) is 2.89. The smallest absolute Gasteiger partial charge is 0.355 e. The molecule has 0 aliphatic carbocycles. The molecule has 5 rings (SSSR count). The van der Waals surface area contributed by atoms with Crippen LogP contribution in [0, 0.1) is 6.92 Å². The van der Waals surface area contributed by atoms with Gasteiger partial charge in [-0.25, -0.2) is 4.79 Å². The SMILES string of the molecule is COC(=O)c1[nH]cc(-c2c[nH]c3cc(Cl)c(Cl)cc23)c1-c1c[nH]c2ccc(C)cc12. The molecule has 30 heavy (non-hydrogen) atoms. The number of nitrogens with one attached hydrogen (secondary N) is 3. The summed E-state index contributed by atoms with van der Waals surface area (Å²) in [5.74, 6) is -0.431. The number of benzene rings is 2. The normalized spacial score (nSPS) is 11.5. The predicted molar refractivity (Wildman–Crippen MR) is 121 cm³/mol. The van der Waals surface area contributed by atoms with Gasteiger partial charge in [-0.1, -0.05) is 34.8 Å². The molecule has 0 saturated heterocycles. The summed E-state index contributed by atoms with van der Waals surface area (Å²) < 4.78 is 5.04. The Morgan fingerprint density at radius 1 is 0.833 bits per heavy atom. The predicted octanol–water partition coefficient (Wildman–Crippen LogP) is 6.71. The molecule has 5 aromatic rings.